The van der Waals surface area contributed by atoms with Gasteiger partial charge in [-0.05, 0) is 35.4 Å². The van der Waals surface area contributed by atoms with Crippen LogP contribution in [0.25, 0.3) is 0 Å². The highest BCUT2D eigenvalue weighted by atomic mass is 16.5. The van der Waals surface area contributed by atoms with Gasteiger partial charge in [0, 0.05) is 103 Å². The molecular weight excluding hydrogens is 556 g/mol. The van der Waals surface area contributed by atoms with Crippen molar-refractivity contribution in [1.82, 2.24) is 20.4 Å². The van der Waals surface area contributed by atoms with E-state index < -0.39 is 0 Å². The Labute approximate surface area is 264 Å². The summed E-state index contributed by atoms with van der Waals surface area (Å²) in [4.78, 5) is 9.89. The van der Waals surface area contributed by atoms with Crippen LogP contribution in [0.15, 0.2) is 48.5 Å². The predicted octanol–water partition coefficient (Wildman–Crippen LogP) is 1.89. The van der Waals surface area contributed by atoms with Crippen LogP contribution in [0, 0.1) is 0 Å². The molecule has 0 amide bonds. The minimum absolute atomic E-state index is 0.593. The van der Waals surface area contributed by atoms with E-state index >= 15 is 0 Å². The first kappa shape index (κ1) is 33.1. The molecule has 0 unspecified atom stereocenters. The van der Waals surface area contributed by atoms with Gasteiger partial charge in [0.1, 0.15) is 0 Å². The van der Waals surface area contributed by atoms with E-state index in [2.05, 4.69) is 78.8 Å². The number of nitrogens with zero attached hydrogens (tertiary/aromatic N) is 4. The van der Waals surface area contributed by atoms with E-state index in [4.69, 9.17) is 18.9 Å². The van der Waals surface area contributed by atoms with Crippen molar-refractivity contribution in [1.29, 1.82) is 0 Å². The molecule has 2 N–H and O–H groups in total. The molecule has 6 heterocycles. The fraction of sp³-hybridized carbons (Fsp3) is 0.647. The number of rotatable bonds is 0. The molecule has 0 aromatic heterocycles. The lowest BCUT2D eigenvalue weighted by atomic mass is 10.1. The maximum Gasteiger partial charge on any atom is 0.0701 e. The number of nitrogens with one attached hydrogen (secondary N) is 2. The fourth-order valence-corrected chi connectivity index (χ4v) is 6.04. The van der Waals surface area contributed by atoms with Crippen molar-refractivity contribution >= 4 is 11.4 Å². The highest BCUT2D eigenvalue weighted by Gasteiger charge is 2.14. The second kappa shape index (κ2) is 19.3. The first-order chi connectivity index (χ1) is 21.8. The molecule has 44 heavy (non-hydrogen) atoms. The van der Waals surface area contributed by atoms with Crippen molar-refractivity contribution < 1.29 is 18.9 Å². The summed E-state index contributed by atoms with van der Waals surface area (Å²) < 4.78 is 24.1. The molecule has 6 aliphatic heterocycles. The molecule has 244 valence electrons. The van der Waals surface area contributed by atoms with Gasteiger partial charge in [0.15, 0.2) is 0 Å². The Morgan fingerprint density at radius 2 is 0.795 bits per heavy atom. The van der Waals surface area contributed by atoms with Crippen molar-refractivity contribution in [2.45, 2.75) is 13.1 Å². The fourth-order valence-electron chi connectivity index (χ4n) is 6.04. The largest absolute Gasteiger partial charge is 0.377 e. The molecular formula is C34H54N6O4. The van der Waals surface area contributed by atoms with Crippen LogP contribution in [0.1, 0.15) is 11.1 Å². The second-order valence-corrected chi connectivity index (χ2v) is 11.8. The SMILES string of the molecule is c1cc2cc(c1)N1CCOCCOCCN(CCOCCOCC1)c1cccc(c1)CN1CCNCCN(CCNCC1)C2. The van der Waals surface area contributed by atoms with Gasteiger partial charge >= 0.3 is 0 Å². The zero-order valence-corrected chi connectivity index (χ0v) is 26.6. The van der Waals surface area contributed by atoms with Gasteiger partial charge in [0.2, 0.25) is 0 Å². The molecule has 0 spiro atoms. The molecule has 2 aromatic rings. The van der Waals surface area contributed by atoms with Crippen LogP contribution in [0.4, 0.5) is 11.4 Å². The van der Waals surface area contributed by atoms with E-state index in [1.54, 1.807) is 0 Å². The second-order valence-electron chi connectivity index (χ2n) is 11.8. The molecule has 2 aromatic carbocycles. The first-order valence-corrected chi connectivity index (χ1v) is 16.7. The minimum atomic E-state index is 0.593. The molecule has 2 saturated heterocycles. The third kappa shape index (κ3) is 11.6. The Kier molecular flexibility index (Phi) is 14.5. The normalized spacial score (nSPS) is 24.9. The Morgan fingerprint density at radius 3 is 1.16 bits per heavy atom. The lowest BCUT2D eigenvalue weighted by Gasteiger charge is -2.28. The van der Waals surface area contributed by atoms with Crippen molar-refractivity contribution in [2.24, 2.45) is 0 Å². The molecule has 2 fully saturated rings. The summed E-state index contributed by atoms with van der Waals surface area (Å²) in [6.45, 7) is 18.1. The smallest absolute Gasteiger partial charge is 0.0701 e. The monoisotopic (exact) mass is 610 g/mol. The number of hydrogen-bond donors (Lipinski definition) is 2. The van der Waals surface area contributed by atoms with Gasteiger partial charge in [-0.15, -0.1) is 0 Å². The summed E-state index contributed by atoms with van der Waals surface area (Å²) >= 11 is 0. The van der Waals surface area contributed by atoms with Crippen LogP contribution in [0.2, 0.25) is 0 Å². The molecule has 8 rings (SSSR count). The highest BCUT2D eigenvalue weighted by Crippen LogP contribution is 2.19. The molecule has 10 nitrogen and oxygen atoms in total. The molecule has 10 heteroatoms. The number of ether oxygens (including phenoxy) is 4. The van der Waals surface area contributed by atoms with Gasteiger partial charge in [-0.2, -0.15) is 0 Å². The molecule has 0 aliphatic carbocycles. The zero-order chi connectivity index (χ0) is 30.1. The Morgan fingerprint density at radius 1 is 0.432 bits per heavy atom. The van der Waals surface area contributed by atoms with E-state index in [1.807, 2.05) is 0 Å². The average molecular weight is 611 g/mol. The first-order valence-electron chi connectivity index (χ1n) is 16.7. The lowest BCUT2D eigenvalue weighted by molar-refractivity contribution is 0.0436. The summed E-state index contributed by atoms with van der Waals surface area (Å²) in [6.07, 6.45) is 0. The highest BCUT2D eigenvalue weighted by molar-refractivity contribution is 5.49. The van der Waals surface area contributed by atoms with Crippen LogP contribution in [0.3, 0.4) is 0 Å². The third-order valence-electron chi connectivity index (χ3n) is 8.55. The predicted molar refractivity (Wildman–Crippen MR) is 177 cm³/mol. The maximum absolute atomic E-state index is 6.02. The summed E-state index contributed by atoms with van der Waals surface area (Å²) in [6, 6.07) is 18.0. The van der Waals surface area contributed by atoms with Gasteiger partial charge in [-0.3, -0.25) is 9.80 Å². The standard InChI is InChI=1S/C34H54N6O4/c1-3-31-27-33(5-1)39-15-19-41-23-25-43-21-17-40(18-22-44-26-24-42-20-16-39)34-6-2-4-32(28-34)30-38-13-9-35-7-11-37(29-31)12-8-36-10-14-38/h1-6,27-28,35-36H,7-26,29-30H2. The van der Waals surface area contributed by atoms with Crippen LogP contribution < -0.4 is 20.4 Å². The van der Waals surface area contributed by atoms with Crippen LogP contribution in [-0.4, -0.2) is 141 Å². The zero-order valence-electron chi connectivity index (χ0n) is 26.6. The lowest BCUT2D eigenvalue weighted by Crippen LogP contribution is -2.42. The quantitative estimate of drug-likeness (QED) is 0.462. The Bertz CT molecular complexity index is 962. The molecule has 0 radical (unpaired) electrons. The van der Waals surface area contributed by atoms with Gasteiger partial charge in [-0.1, -0.05) is 24.3 Å². The maximum atomic E-state index is 6.02. The van der Waals surface area contributed by atoms with Crippen molar-refractivity contribution in [3.05, 3.63) is 59.7 Å². The van der Waals surface area contributed by atoms with Gasteiger partial charge in [0.25, 0.3) is 0 Å². The molecule has 0 saturated carbocycles. The molecule has 8 bridgehead atoms. The van der Waals surface area contributed by atoms with Gasteiger partial charge in [-0.25, -0.2) is 0 Å². The van der Waals surface area contributed by atoms with E-state index in [9.17, 15) is 0 Å². The minimum Gasteiger partial charge on any atom is -0.377 e. The van der Waals surface area contributed by atoms with E-state index in [1.165, 1.54) is 22.5 Å². The summed E-state index contributed by atoms with van der Waals surface area (Å²) in [5.41, 5.74) is 5.12. The van der Waals surface area contributed by atoms with Crippen molar-refractivity contribution in [3.8, 4) is 0 Å². The number of benzene rings is 2. The van der Waals surface area contributed by atoms with Gasteiger partial charge in [0.05, 0.1) is 52.9 Å². The van der Waals surface area contributed by atoms with Gasteiger partial charge < -0.3 is 39.4 Å². The van der Waals surface area contributed by atoms with E-state index in [0.29, 0.717) is 52.9 Å². The Hall–Kier alpha value is -2.28. The summed E-state index contributed by atoms with van der Waals surface area (Å²) in [5.74, 6) is 0. The van der Waals surface area contributed by atoms with Crippen LogP contribution in [0.5, 0.6) is 0 Å². The Balaban J connectivity index is 1.37. The van der Waals surface area contributed by atoms with Crippen molar-refractivity contribution in [2.75, 3.05) is 141 Å². The number of hydrogen-bond acceptors (Lipinski definition) is 10. The van der Waals surface area contributed by atoms with E-state index in [0.717, 1.165) is 91.6 Å². The van der Waals surface area contributed by atoms with E-state index in [-0.39, 0.29) is 0 Å². The average Bonchev–Trinajstić information content (AvgIpc) is 3.03. The van der Waals surface area contributed by atoms with Crippen LogP contribution >= 0.6 is 0 Å². The number of anilines is 2. The summed E-state index contributed by atoms with van der Waals surface area (Å²) in [5, 5.41) is 7.45. The molecule has 6 aliphatic rings. The van der Waals surface area contributed by atoms with Crippen molar-refractivity contribution in [3.63, 3.8) is 0 Å². The van der Waals surface area contributed by atoms with Crippen LogP contribution in [-0.2, 0) is 32.0 Å². The third-order valence-corrected chi connectivity index (χ3v) is 8.55. The summed E-state index contributed by atoms with van der Waals surface area (Å²) in [7, 11) is 0. The topological polar surface area (TPSA) is 73.9 Å². The molecule has 0 atom stereocenters.